The summed E-state index contributed by atoms with van der Waals surface area (Å²) >= 11 is 0. The molecule has 1 aliphatic rings. The van der Waals surface area contributed by atoms with Crippen molar-refractivity contribution in [2.45, 2.75) is 50.7 Å². The minimum absolute atomic E-state index is 0.0328. The number of aromatic nitrogens is 1. The zero-order valence-corrected chi connectivity index (χ0v) is 17.5. The molecule has 0 spiro atoms. The number of nitrogens with zero attached hydrogens (tertiary/aromatic N) is 3. The van der Waals surface area contributed by atoms with Crippen LogP contribution in [-0.2, 0) is 10.3 Å². The van der Waals surface area contributed by atoms with E-state index in [0.29, 0.717) is 18.9 Å². The Hall–Kier alpha value is -3.61. The number of alkyl halides is 2. The number of nitrogens with two attached hydrogens (primary N) is 1. The number of nitriles is 1. The van der Waals surface area contributed by atoms with Gasteiger partial charge in [-0.3, -0.25) is 4.79 Å². The fraction of sp³-hybridized carbons (Fsp3) is 0.364. The number of benzene rings is 1. The molecule has 1 aliphatic heterocycles. The standard InChI is InChI=1S/C22H22F3N5O2/c1-3-8-22(10-18(21(2,24)25)32-20(27)30-22)15-9-14(5-6-16(15)23)29-19(31)17-7-4-13(11-26)12-28-17/h4-7,9,12,18H,3,8,10H2,1-2H3,(H2,27,30)(H,29,31). The molecule has 1 aromatic carbocycles. The van der Waals surface area contributed by atoms with Crippen molar-refractivity contribution in [2.24, 2.45) is 10.7 Å². The molecule has 1 aromatic heterocycles. The van der Waals surface area contributed by atoms with Crippen molar-refractivity contribution >= 4 is 17.6 Å². The smallest absolute Gasteiger partial charge is 0.283 e. The number of carbonyl (C=O) groups excluding carboxylic acids is 1. The van der Waals surface area contributed by atoms with Gasteiger partial charge < -0.3 is 15.8 Å². The van der Waals surface area contributed by atoms with E-state index in [4.69, 9.17) is 15.7 Å². The maximum absolute atomic E-state index is 14.9. The number of ether oxygens (including phenoxy) is 1. The summed E-state index contributed by atoms with van der Waals surface area (Å²) in [5.74, 6) is -4.46. The number of pyridine rings is 1. The maximum Gasteiger partial charge on any atom is 0.283 e. The fourth-order valence-corrected chi connectivity index (χ4v) is 3.69. The summed E-state index contributed by atoms with van der Waals surface area (Å²) in [6, 6.07) is 8.13. The molecule has 32 heavy (non-hydrogen) atoms. The first-order valence-electron chi connectivity index (χ1n) is 9.95. The van der Waals surface area contributed by atoms with E-state index in [-0.39, 0.29) is 29.8 Å². The zero-order valence-electron chi connectivity index (χ0n) is 17.5. The quantitative estimate of drug-likeness (QED) is 0.695. The van der Waals surface area contributed by atoms with Crippen LogP contribution in [0.1, 0.15) is 54.7 Å². The predicted molar refractivity (Wildman–Crippen MR) is 112 cm³/mol. The summed E-state index contributed by atoms with van der Waals surface area (Å²) in [5, 5.41) is 11.4. The summed E-state index contributed by atoms with van der Waals surface area (Å²) in [6.07, 6.45) is 0.161. The third-order valence-corrected chi connectivity index (χ3v) is 5.19. The van der Waals surface area contributed by atoms with Gasteiger partial charge in [-0.05, 0) is 36.8 Å². The highest BCUT2D eigenvalue weighted by molar-refractivity contribution is 6.02. The van der Waals surface area contributed by atoms with Gasteiger partial charge in [0.2, 0.25) is 0 Å². The largest absolute Gasteiger partial charge is 0.456 e. The minimum Gasteiger partial charge on any atom is -0.456 e. The van der Waals surface area contributed by atoms with Crippen molar-refractivity contribution in [2.75, 3.05) is 5.32 Å². The van der Waals surface area contributed by atoms with Gasteiger partial charge in [-0.15, -0.1) is 0 Å². The fourth-order valence-electron chi connectivity index (χ4n) is 3.69. The maximum atomic E-state index is 14.9. The number of hydrogen-bond acceptors (Lipinski definition) is 6. The molecule has 7 nitrogen and oxygen atoms in total. The molecule has 3 N–H and O–H groups in total. The van der Waals surface area contributed by atoms with Crippen molar-refractivity contribution in [3.05, 3.63) is 59.2 Å². The lowest BCUT2D eigenvalue weighted by Crippen LogP contribution is -2.47. The van der Waals surface area contributed by atoms with Gasteiger partial charge in [0, 0.05) is 30.8 Å². The Morgan fingerprint density at radius 2 is 2.16 bits per heavy atom. The number of amides is 1. The van der Waals surface area contributed by atoms with E-state index in [1.165, 1.54) is 30.5 Å². The van der Waals surface area contributed by atoms with Crippen LogP contribution in [0.3, 0.4) is 0 Å². The van der Waals surface area contributed by atoms with Crippen LogP contribution in [0, 0.1) is 17.1 Å². The van der Waals surface area contributed by atoms with E-state index in [0.717, 1.165) is 6.07 Å². The van der Waals surface area contributed by atoms with Gasteiger partial charge in [-0.25, -0.2) is 23.1 Å². The molecule has 0 fully saturated rings. The Morgan fingerprint density at radius 3 is 2.75 bits per heavy atom. The molecule has 2 atom stereocenters. The summed E-state index contributed by atoms with van der Waals surface area (Å²) in [5.41, 5.74) is 4.94. The molecular weight excluding hydrogens is 423 g/mol. The van der Waals surface area contributed by atoms with E-state index in [1.54, 1.807) is 0 Å². The van der Waals surface area contributed by atoms with E-state index >= 15 is 0 Å². The van der Waals surface area contributed by atoms with Crippen molar-refractivity contribution < 1.29 is 22.7 Å². The number of rotatable bonds is 6. The highest BCUT2D eigenvalue weighted by Gasteiger charge is 2.48. The number of carbonyl (C=O) groups is 1. The molecule has 0 aliphatic carbocycles. The number of nitrogens with one attached hydrogen (secondary N) is 1. The minimum atomic E-state index is -3.22. The van der Waals surface area contributed by atoms with Gasteiger partial charge >= 0.3 is 0 Å². The van der Waals surface area contributed by atoms with Crippen LogP contribution in [0.25, 0.3) is 0 Å². The number of hydrogen-bond donors (Lipinski definition) is 2. The SMILES string of the molecule is CCCC1(c2cc(NC(=O)c3ccc(C#N)cn3)ccc2F)CC(C(C)(F)F)OC(N)=N1. The first-order chi connectivity index (χ1) is 15.1. The topological polar surface area (TPSA) is 113 Å². The number of aliphatic imine (C=N–C) groups is 1. The first kappa shape index (κ1) is 23.1. The number of halogens is 3. The van der Waals surface area contributed by atoms with E-state index < -0.39 is 35.3 Å². The van der Waals surface area contributed by atoms with Crippen LogP contribution >= 0.6 is 0 Å². The van der Waals surface area contributed by atoms with Crippen molar-refractivity contribution in [1.29, 1.82) is 5.26 Å². The normalized spacial score (nSPS) is 20.6. The lowest BCUT2D eigenvalue weighted by molar-refractivity contribution is -0.105. The Labute approximate surface area is 183 Å². The molecule has 0 bridgehead atoms. The van der Waals surface area contributed by atoms with Gasteiger partial charge in [-0.1, -0.05) is 13.3 Å². The van der Waals surface area contributed by atoms with Crippen LogP contribution in [0.4, 0.5) is 18.9 Å². The second kappa shape index (κ2) is 8.86. The van der Waals surface area contributed by atoms with Crippen LogP contribution < -0.4 is 11.1 Å². The lowest BCUT2D eigenvalue weighted by atomic mass is 9.79. The first-order valence-corrected chi connectivity index (χ1v) is 9.95. The highest BCUT2D eigenvalue weighted by Crippen LogP contribution is 2.44. The van der Waals surface area contributed by atoms with Crippen LogP contribution in [0.5, 0.6) is 0 Å². The predicted octanol–water partition coefficient (Wildman–Crippen LogP) is 4.10. The zero-order chi connectivity index (χ0) is 23.5. The van der Waals surface area contributed by atoms with E-state index in [1.807, 2.05) is 13.0 Å². The molecule has 1 amide bonds. The van der Waals surface area contributed by atoms with Crippen molar-refractivity contribution in [3.63, 3.8) is 0 Å². The third-order valence-electron chi connectivity index (χ3n) is 5.19. The molecule has 2 unspecified atom stereocenters. The van der Waals surface area contributed by atoms with Gasteiger partial charge in [0.15, 0.2) is 6.10 Å². The Bertz CT molecular complexity index is 1080. The van der Waals surface area contributed by atoms with Crippen molar-refractivity contribution in [3.8, 4) is 6.07 Å². The number of anilines is 1. The Morgan fingerprint density at radius 1 is 1.41 bits per heavy atom. The monoisotopic (exact) mass is 445 g/mol. The molecule has 10 heteroatoms. The highest BCUT2D eigenvalue weighted by atomic mass is 19.3. The Kier molecular flexibility index (Phi) is 6.39. The molecule has 0 radical (unpaired) electrons. The molecule has 2 aromatic rings. The lowest BCUT2D eigenvalue weighted by Gasteiger charge is -2.39. The average Bonchev–Trinajstić information content (AvgIpc) is 2.74. The van der Waals surface area contributed by atoms with Crippen LogP contribution in [-0.4, -0.2) is 28.9 Å². The summed E-state index contributed by atoms with van der Waals surface area (Å²) in [7, 11) is 0. The summed E-state index contributed by atoms with van der Waals surface area (Å²) in [6.45, 7) is 2.53. The second-order valence-electron chi connectivity index (χ2n) is 7.69. The summed E-state index contributed by atoms with van der Waals surface area (Å²) in [4.78, 5) is 20.7. The number of amidine groups is 1. The Balaban J connectivity index is 1.97. The third kappa shape index (κ3) is 4.82. The van der Waals surface area contributed by atoms with Gasteiger partial charge in [0.1, 0.15) is 17.6 Å². The summed E-state index contributed by atoms with van der Waals surface area (Å²) < 4.78 is 48.1. The second-order valence-corrected chi connectivity index (χ2v) is 7.69. The van der Waals surface area contributed by atoms with E-state index in [2.05, 4.69) is 15.3 Å². The van der Waals surface area contributed by atoms with Crippen LogP contribution in [0.2, 0.25) is 0 Å². The average molecular weight is 445 g/mol. The van der Waals surface area contributed by atoms with Crippen molar-refractivity contribution in [1.82, 2.24) is 4.98 Å². The molecular formula is C22H22F3N5O2. The van der Waals surface area contributed by atoms with E-state index in [9.17, 15) is 18.0 Å². The van der Waals surface area contributed by atoms with Gasteiger partial charge in [-0.2, -0.15) is 5.26 Å². The van der Waals surface area contributed by atoms with Gasteiger partial charge in [0.25, 0.3) is 17.9 Å². The van der Waals surface area contributed by atoms with Crippen LogP contribution in [0.15, 0.2) is 41.5 Å². The molecule has 168 valence electrons. The molecule has 0 saturated carbocycles. The molecule has 2 heterocycles. The molecule has 3 rings (SSSR count). The van der Waals surface area contributed by atoms with Gasteiger partial charge in [0.05, 0.1) is 11.1 Å². The molecule has 0 saturated heterocycles.